The first-order valence-electron chi connectivity index (χ1n) is 4.92. The second-order valence-electron chi connectivity index (χ2n) is 3.13. The minimum Gasteiger partial charge on any atom is -0.404 e. The summed E-state index contributed by atoms with van der Waals surface area (Å²) < 4.78 is 4.25. The van der Waals surface area contributed by atoms with Crippen LogP contribution in [0.3, 0.4) is 0 Å². The van der Waals surface area contributed by atoms with E-state index in [1.54, 1.807) is 0 Å². The maximum absolute atomic E-state index is 9.70. The summed E-state index contributed by atoms with van der Waals surface area (Å²) >= 11 is 0. The van der Waals surface area contributed by atoms with Crippen LogP contribution in [0, 0.1) is 5.41 Å². The third-order valence-corrected chi connectivity index (χ3v) is 1.92. The molecule has 0 unspecified atom stereocenters. The van der Waals surface area contributed by atoms with Gasteiger partial charge in [0.2, 0.25) is 0 Å². The Kier molecular flexibility index (Phi) is 8.62. The highest BCUT2D eigenvalue weighted by Gasteiger charge is 1.97. The van der Waals surface area contributed by atoms with Gasteiger partial charge in [-0.15, -0.1) is 0 Å². The average molecular weight is 184 g/mol. The Hall–Kier alpha value is -0.860. The Morgan fingerprint density at radius 2 is 1.85 bits per heavy atom. The van der Waals surface area contributed by atoms with E-state index < -0.39 is 0 Å². The van der Waals surface area contributed by atoms with Gasteiger partial charge in [-0.05, 0) is 6.42 Å². The van der Waals surface area contributed by atoms with E-state index in [1.165, 1.54) is 32.2 Å². The Morgan fingerprint density at radius 1 is 1.23 bits per heavy atom. The SMILES string of the molecule is CCCCCCCCC(=N)O[C]=O. The fraction of sp³-hybridized carbons (Fsp3) is 0.800. The lowest BCUT2D eigenvalue weighted by atomic mass is 10.1. The molecule has 0 aliphatic heterocycles. The van der Waals surface area contributed by atoms with Gasteiger partial charge in [-0.2, -0.15) is 0 Å². The molecule has 1 radical (unpaired) electrons. The molecule has 0 bridgehead atoms. The number of hydrogen-bond donors (Lipinski definition) is 1. The molecule has 0 aromatic heterocycles. The molecule has 3 heteroatoms. The van der Waals surface area contributed by atoms with Gasteiger partial charge in [0.1, 0.15) is 0 Å². The maximum atomic E-state index is 9.70. The van der Waals surface area contributed by atoms with E-state index in [-0.39, 0.29) is 5.90 Å². The van der Waals surface area contributed by atoms with Crippen LogP contribution >= 0.6 is 0 Å². The third-order valence-electron chi connectivity index (χ3n) is 1.92. The summed E-state index contributed by atoms with van der Waals surface area (Å²) in [5, 5.41) is 7.12. The lowest BCUT2D eigenvalue weighted by Gasteiger charge is -2.00. The quantitative estimate of drug-likeness (QED) is 0.358. The van der Waals surface area contributed by atoms with E-state index in [0.717, 1.165) is 12.8 Å². The minimum atomic E-state index is 0.0329. The summed E-state index contributed by atoms with van der Waals surface area (Å²) in [7, 11) is 0. The van der Waals surface area contributed by atoms with Crippen LogP contribution in [0.1, 0.15) is 51.9 Å². The van der Waals surface area contributed by atoms with Gasteiger partial charge in [-0.3, -0.25) is 5.41 Å². The molecule has 0 aliphatic rings. The monoisotopic (exact) mass is 184 g/mol. The van der Waals surface area contributed by atoms with Crippen LogP contribution in [0.15, 0.2) is 0 Å². The van der Waals surface area contributed by atoms with Crippen LogP contribution in [0.4, 0.5) is 0 Å². The fourth-order valence-corrected chi connectivity index (χ4v) is 1.17. The summed E-state index contributed by atoms with van der Waals surface area (Å²) in [5.41, 5.74) is 0. The zero-order chi connectivity index (χ0) is 9.94. The molecule has 13 heavy (non-hydrogen) atoms. The summed E-state index contributed by atoms with van der Waals surface area (Å²) in [6.07, 6.45) is 7.63. The molecular weight excluding hydrogens is 166 g/mol. The van der Waals surface area contributed by atoms with Crippen molar-refractivity contribution >= 4 is 12.4 Å². The van der Waals surface area contributed by atoms with Crippen LogP contribution in [0.2, 0.25) is 0 Å². The van der Waals surface area contributed by atoms with Crippen molar-refractivity contribution in [1.82, 2.24) is 0 Å². The molecule has 0 aromatic carbocycles. The number of hydrogen-bond acceptors (Lipinski definition) is 3. The van der Waals surface area contributed by atoms with Crippen LogP contribution in [0.5, 0.6) is 0 Å². The average Bonchev–Trinajstić information content (AvgIpc) is 2.11. The number of unbranched alkanes of at least 4 members (excludes halogenated alkanes) is 5. The molecule has 0 amide bonds. The van der Waals surface area contributed by atoms with Crippen molar-refractivity contribution in [3.63, 3.8) is 0 Å². The molecule has 0 aliphatic carbocycles. The number of rotatable bonds is 8. The van der Waals surface area contributed by atoms with E-state index in [9.17, 15) is 4.79 Å². The summed E-state index contributed by atoms with van der Waals surface area (Å²) in [5.74, 6) is 0.0329. The van der Waals surface area contributed by atoms with Crippen molar-refractivity contribution in [2.75, 3.05) is 0 Å². The van der Waals surface area contributed by atoms with Gasteiger partial charge in [0.25, 0.3) is 0 Å². The van der Waals surface area contributed by atoms with Crippen LogP contribution < -0.4 is 0 Å². The zero-order valence-electron chi connectivity index (χ0n) is 8.27. The molecular formula is C10H18NO2. The Bertz CT molecular complexity index is 146. The molecule has 0 rings (SSSR count). The summed E-state index contributed by atoms with van der Waals surface area (Å²) in [6, 6.07) is 0. The van der Waals surface area contributed by atoms with Gasteiger partial charge in [0.15, 0.2) is 5.90 Å². The highest BCUT2D eigenvalue weighted by molar-refractivity contribution is 5.78. The van der Waals surface area contributed by atoms with Gasteiger partial charge in [-0.1, -0.05) is 39.0 Å². The summed E-state index contributed by atoms with van der Waals surface area (Å²) in [4.78, 5) is 9.70. The van der Waals surface area contributed by atoms with E-state index in [2.05, 4.69) is 11.7 Å². The van der Waals surface area contributed by atoms with Crippen molar-refractivity contribution < 1.29 is 9.53 Å². The minimum absolute atomic E-state index is 0.0329. The van der Waals surface area contributed by atoms with E-state index in [0.29, 0.717) is 6.42 Å². The fourth-order valence-electron chi connectivity index (χ4n) is 1.17. The lowest BCUT2D eigenvalue weighted by Crippen LogP contribution is -2.00. The van der Waals surface area contributed by atoms with Crippen molar-refractivity contribution in [1.29, 1.82) is 5.41 Å². The molecule has 0 fully saturated rings. The molecule has 0 spiro atoms. The van der Waals surface area contributed by atoms with E-state index in [4.69, 9.17) is 5.41 Å². The van der Waals surface area contributed by atoms with Gasteiger partial charge >= 0.3 is 6.47 Å². The Balaban J connectivity index is 3.06. The first-order valence-corrected chi connectivity index (χ1v) is 4.92. The third kappa shape index (κ3) is 9.05. The van der Waals surface area contributed by atoms with Crippen molar-refractivity contribution in [3.05, 3.63) is 0 Å². The zero-order valence-corrected chi connectivity index (χ0v) is 8.27. The van der Waals surface area contributed by atoms with E-state index >= 15 is 0 Å². The first-order chi connectivity index (χ1) is 6.31. The van der Waals surface area contributed by atoms with Gasteiger partial charge < -0.3 is 4.74 Å². The van der Waals surface area contributed by atoms with Crippen LogP contribution in [0.25, 0.3) is 0 Å². The van der Waals surface area contributed by atoms with Gasteiger partial charge in [-0.25, -0.2) is 4.79 Å². The Labute approximate surface area is 80.0 Å². The largest absolute Gasteiger partial charge is 0.424 e. The van der Waals surface area contributed by atoms with Crippen molar-refractivity contribution in [3.8, 4) is 0 Å². The van der Waals surface area contributed by atoms with Crippen molar-refractivity contribution in [2.24, 2.45) is 0 Å². The highest BCUT2D eigenvalue weighted by atomic mass is 16.5. The topological polar surface area (TPSA) is 50.1 Å². The Morgan fingerprint density at radius 3 is 2.46 bits per heavy atom. The number of ether oxygens (including phenoxy) is 1. The molecule has 0 saturated carbocycles. The van der Waals surface area contributed by atoms with Crippen LogP contribution in [-0.2, 0) is 9.53 Å². The molecule has 3 nitrogen and oxygen atoms in total. The number of nitrogens with one attached hydrogen (secondary N) is 1. The maximum Gasteiger partial charge on any atom is 0.424 e. The second-order valence-corrected chi connectivity index (χ2v) is 3.13. The predicted molar refractivity (Wildman–Crippen MR) is 52.5 cm³/mol. The van der Waals surface area contributed by atoms with Crippen LogP contribution in [-0.4, -0.2) is 12.4 Å². The van der Waals surface area contributed by atoms with E-state index in [1.807, 2.05) is 0 Å². The lowest BCUT2D eigenvalue weighted by molar-refractivity contribution is 0.424. The second kappa shape index (κ2) is 9.23. The molecule has 1 N–H and O–H groups in total. The van der Waals surface area contributed by atoms with Crippen molar-refractivity contribution in [2.45, 2.75) is 51.9 Å². The normalized spacial score (nSPS) is 9.62. The number of carbonyl (C=O) groups excluding carboxylic acids is 1. The highest BCUT2D eigenvalue weighted by Crippen LogP contribution is 2.07. The molecule has 0 heterocycles. The summed E-state index contributed by atoms with van der Waals surface area (Å²) in [6.45, 7) is 3.44. The molecule has 0 aromatic rings. The standard InChI is InChI=1S/C10H18NO2/c1-2-3-4-5-6-7-8-10(11)13-9-12/h11H,2-8H2,1H3. The molecule has 75 valence electrons. The van der Waals surface area contributed by atoms with Gasteiger partial charge in [0, 0.05) is 6.42 Å². The smallest absolute Gasteiger partial charge is 0.404 e. The predicted octanol–water partition coefficient (Wildman–Crippen LogP) is 2.80. The first kappa shape index (κ1) is 12.1. The molecule has 0 saturated heterocycles. The molecule has 0 atom stereocenters. The van der Waals surface area contributed by atoms with Gasteiger partial charge in [0.05, 0.1) is 0 Å².